The van der Waals surface area contributed by atoms with Crippen LogP contribution in [0.5, 0.6) is 5.75 Å². The fourth-order valence-electron chi connectivity index (χ4n) is 1.88. The number of nitrogens with one attached hydrogen (secondary N) is 1. The Labute approximate surface area is 104 Å². The lowest BCUT2D eigenvalue weighted by Crippen LogP contribution is -2.32. The zero-order chi connectivity index (χ0) is 12.7. The molecule has 0 bridgehead atoms. The highest BCUT2D eigenvalue weighted by Crippen LogP contribution is 2.24. The van der Waals surface area contributed by atoms with Crippen LogP contribution in [-0.4, -0.2) is 30.9 Å². The largest absolute Gasteiger partial charge is 0.496 e. The normalized spacial score (nSPS) is 14.4. The van der Waals surface area contributed by atoms with Gasteiger partial charge in [-0.15, -0.1) is 0 Å². The maximum Gasteiger partial charge on any atom is 0.122 e. The Morgan fingerprint density at radius 3 is 2.71 bits per heavy atom. The molecule has 0 fully saturated rings. The summed E-state index contributed by atoms with van der Waals surface area (Å²) in [5.41, 5.74) is 0.355. The molecule has 0 aliphatic heterocycles. The molecule has 1 aromatic rings. The molecule has 0 spiro atoms. The second-order valence-corrected chi connectivity index (χ2v) is 4.59. The highest BCUT2D eigenvalue weighted by atomic mass is 16.5. The third-order valence-corrected chi connectivity index (χ3v) is 2.85. The summed E-state index contributed by atoms with van der Waals surface area (Å²) in [6.07, 6.45) is 1.35. The molecule has 2 N–H and O–H groups in total. The highest BCUT2D eigenvalue weighted by Gasteiger charge is 2.21. The molecular formula is C14H23NO2. The SMILES string of the molecule is CCNCCC(C)(O)Cc1ccccc1OC. The Balaban J connectivity index is 2.62. The number of benzene rings is 1. The number of hydrogen-bond donors (Lipinski definition) is 2. The first-order valence-corrected chi connectivity index (χ1v) is 6.14. The van der Waals surface area contributed by atoms with Gasteiger partial charge in [0.25, 0.3) is 0 Å². The van der Waals surface area contributed by atoms with E-state index in [-0.39, 0.29) is 0 Å². The first-order valence-electron chi connectivity index (χ1n) is 6.14. The van der Waals surface area contributed by atoms with Crippen molar-refractivity contribution in [1.29, 1.82) is 0 Å². The molecule has 0 saturated heterocycles. The van der Waals surface area contributed by atoms with Gasteiger partial charge >= 0.3 is 0 Å². The van der Waals surface area contributed by atoms with Crippen molar-refractivity contribution in [2.45, 2.75) is 32.3 Å². The van der Waals surface area contributed by atoms with Crippen molar-refractivity contribution in [1.82, 2.24) is 5.32 Å². The van der Waals surface area contributed by atoms with Gasteiger partial charge in [0, 0.05) is 6.42 Å². The molecule has 1 unspecified atom stereocenters. The van der Waals surface area contributed by atoms with Gasteiger partial charge in [-0.25, -0.2) is 0 Å². The van der Waals surface area contributed by atoms with E-state index in [9.17, 15) is 5.11 Å². The van der Waals surface area contributed by atoms with E-state index in [2.05, 4.69) is 12.2 Å². The molecule has 1 aromatic carbocycles. The van der Waals surface area contributed by atoms with Crippen molar-refractivity contribution < 1.29 is 9.84 Å². The molecule has 0 radical (unpaired) electrons. The molecule has 0 aliphatic rings. The zero-order valence-electron chi connectivity index (χ0n) is 11.0. The van der Waals surface area contributed by atoms with Gasteiger partial charge in [-0.2, -0.15) is 0 Å². The van der Waals surface area contributed by atoms with E-state index < -0.39 is 5.60 Å². The molecule has 0 heterocycles. The Morgan fingerprint density at radius 2 is 2.06 bits per heavy atom. The zero-order valence-corrected chi connectivity index (χ0v) is 11.0. The highest BCUT2D eigenvalue weighted by molar-refractivity contribution is 5.34. The number of hydrogen-bond acceptors (Lipinski definition) is 3. The molecule has 3 heteroatoms. The lowest BCUT2D eigenvalue weighted by atomic mass is 9.93. The fourth-order valence-corrected chi connectivity index (χ4v) is 1.88. The van der Waals surface area contributed by atoms with Crippen LogP contribution in [0.2, 0.25) is 0 Å². The van der Waals surface area contributed by atoms with Crippen LogP contribution in [0.25, 0.3) is 0 Å². The fraction of sp³-hybridized carbons (Fsp3) is 0.571. The number of ether oxygens (including phenoxy) is 1. The van der Waals surface area contributed by atoms with Crippen LogP contribution < -0.4 is 10.1 Å². The minimum absolute atomic E-state index is 0.613. The summed E-state index contributed by atoms with van der Waals surface area (Å²) in [4.78, 5) is 0. The number of aliphatic hydroxyl groups is 1. The molecular weight excluding hydrogens is 214 g/mol. The third-order valence-electron chi connectivity index (χ3n) is 2.85. The van der Waals surface area contributed by atoms with Crippen molar-refractivity contribution in [2.75, 3.05) is 20.2 Å². The van der Waals surface area contributed by atoms with E-state index in [1.54, 1.807) is 7.11 Å². The summed E-state index contributed by atoms with van der Waals surface area (Å²) in [5.74, 6) is 0.844. The molecule has 96 valence electrons. The smallest absolute Gasteiger partial charge is 0.122 e. The Hall–Kier alpha value is -1.06. The topological polar surface area (TPSA) is 41.5 Å². The maximum atomic E-state index is 10.3. The standard InChI is InChI=1S/C14H23NO2/c1-4-15-10-9-14(2,16)11-12-7-5-6-8-13(12)17-3/h5-8,15-16H,4,9-11H2,1-3H3. The number of para-hydroxylation sites is 1. The van der Waals surface area contributed by atoms with Crippen molar-refractivity contribution in [3.05, 3.63) is 29.8 Å². The van der Waals surface area contributed by atoms with Crippen LogP contribution >= 0.6 is 0 Å². The van der Waals surface area contributed by atoms with E-state index in [0.717, 1.165) is 30.8 Å². The van der Waals surface area contributed by atoms with Gasteiger partial charge in [0.1, 0.15) is 5.75 Å². The minimum atomic E-state index is -0.698. The van der Waals surface area contributed by atoms with Gasteiger partial charge in [0.15, 0.2) is 0 Å². The monoisotopic (exact) mass is 237 g/mol. The van der Waals surface area contributed by atoms with Gasteiger partial charge in [-0.3, -0.25) is 0 Å². The van der Waals surface area contributed by atoms with E-state index in [0.29, 0.717) is 6.42 Å². The van der Waals surface area contributed by atoms with Crippen LogP contribution in [0.4, 0.5) is 0 Å². The van der Waals surface area contributed by atoms with E-state index in [4.69, 9.17) is 4.74 Å². The Bertz CT molecular complexity index is 337. The molecule has 1 atom stereocenters. The minimum Gasteiger partial charge on any atom is -0.496 e. The van der Waals surface area contributed by atoms with Gasteiger partial charge in [-0.05, 0) is 38.1 Å². The van der Waals surface area contributed by atoms with Crippen molar-refractivity contribution in [2.24, 2.45) is 0 Å². The summed E-state index contributed by atoms with van der Waals surface area (Å²) >= 11 is 0. The van der Waals surface area contributed by atoms with Crippen LogP contribution in [0.3, 0.4) is 0 Å². The van der Waals surface area contributed by atoms with Crippen molar-refractivity contribution in [3.8, 4) is 5.75 Å². The Kier molecular flexibility index (Phi) is 5.45. The lowest BCUT2D eigenvalue weighted by Gasteiger charge is -2.24. The van der Waals surface area contributed by atoms with Gasteiger partial charge < -0.3 is 15.2 Å². The van der Waals surface area contributed by atoms with Crippen molar-refractivity contribution in [3.63, 3.8) is 0 Å². The second kappa shape index (κ2) is 6.62. The summed E-state index contributed by atoms with van der Waals surface area (Å²) in [6, 6.07) is 7.84. The van der Waals surface area contributed by atoms with Gasteiger partial charge in [0.05, 0.1) is 12.7 Å². The quantitative estimate of drug-likeness (QED) is 0.713. The maximum absolute atomic E-state index is 10.3. The first-order chi connectivity index (χ1) is 8.09. The van der Waals surface area contributed by atoms with E-state index >= 15 is 0 Å². The average Bonchev–Trinajstić information content (AvgIpc) is 2.29. The molecule has 1 rings (SSSR count). The second-order valence-electron chi connectivity index (χ2n) is 4.59. The third kappa shape index (κ3) is 4.75. The van der Waals surface area contributed by atoms with Gasteiger partial charge in [-0.1, -0.05) is 25.1 Å². The summed E-state index contributed by atoms with van der Waals surface area (Å²) in [6.45, 7) is 5.70. The van der Waals surface area contributed by atoms with Crippen LogP contribution in [0.15, 0.2) is 24.3 Å². The average molecular weight is 237 g/mol. The number of methoxy groups -OCH3 is 1. The van der Waals surface area contributed by atoms with Crippen LogP contribution in [0.1, 0.15) is 25.8 Å². The molecule has 17 heavy (non-hydrogen) atoms. The summed E-state index contributed by atoms with van der Waals surface area (Å²) in [5, 5.41) is 13.5. The molecule has 0 amide bonds. The number of rotatable bonds is 7. The van der Waals surface area contributed by atoms with Crippen molar-refractivity contribution >= 4 is 0 Å². The lowest BCUT2D eigenvalue weighted by molar-refractivity contribution is 0.0511. The molecule has 0 saturated carbocycles. The molecule has 3 nitrogen and oxygen atoms in total. The first kappa shape index (κ1) is 14.0. The predicted molar refractivity (Wildman–Crippen MR) is 70.5 cm³/mol. The predicted octanol–water partition coefficient (Wildman–Crippen LogP) is 1.99. The van der Waals surface area contributed by atoms with Crippen LogP contribution in [-0.2, 0) is 6.42 Å². The Morgan fingerprint density at radius 1 is 1.35 bits per heavy atom. The molecule has 0 aromatic heterocycles. The van der Waals surface area contributed by atoms with Crippen LogP contribution in [0, 0.1) is 0 Å². The summed E-state index contributed by atoms with van der Waals surface area (Å²) < 4.78 is 5.29. The van der Waals surface area contributed by atoms with E-state index in [1.165, 1.54) is 0 Å². The summed E-state index contributed by atoms with van der Waals surface area (Å²) in [7, 11) is 1.66. The van der Waals surface area contributed by atoms with Gasteiger partial charge in [0.2, 0.25) is 0 Å². The molecule has 0 aliphatic carbocycles. The van der Waals surface area contributed by atoms with E-state index in [1.807, 2.05) is 31.2 Å².